The van der Waals surface area contributed by atoms with Gasteiger partial charge in [-0.3, -0.25) is 4.72 Å². The quantitative estimate of drug-likeness (QED) is 0.748. The van der Waals surface area contributed by atoms with E-state index in [2.05, 4.69) is 14.7 Å². The first-order valence-corrected chi connectivity index (χ1v) is 7.80. The number of H-pyrrole nitrogens is 1. The summed E-state index contributed by atoms with van der Waals surface area (Å²) in [5.41, 5.74) is 1.42. The SMILES string of the molecule is CCc1ncc(S(=O)(=O)Nc2ccc(CCO)cc2)[nH]1. The van der Waals surface area contributed by atoms with Crippen LogP contribution in [-0.2, 0) is 22.9 Å². The van der Waals surface area contributed by atoms with Crippen molar-refractivity contribution in [2.75, 3.05) is 11.3 Å². The summed E-state index contributed by atoms with van der Waals surface area (Å²) in [6.45, 7) is 1.96. The fourth-order valence-electron chi connectivity index (χ4n) is 1.74. The van der Waals surface area contributed by atoms with Crippen molar-refractivity contribution in [1.29, 1.82) is 0 Å². The first-order chi connectivity index (χ1) is 9.55. The number of rotatable bonds is 6. The Kier molecular flexibility index (Phi) is 4.41. The first kappa shape index (κ1) is 14.5. The molecule has 1 aromatic heterocycles. The molecule has 0 fully saturated rings. The number of aliphatic hydroxyl groups is 1. The van der Waals surface area contributed by atoms with Gasteiger partial charge in [-0.25, -0.2) is 4.98 Å². The molecule has 6 nitrogen and oxygen atoms in total. The Bertz CT molecular complexity index is 662. The van der Waals surface area contributed by atoms with Gasteiger partial charge in [-0.2, -0.15) is 8.42 Å². The highest BCUT2D eigenvalue weighted by Gasteiger charge is 2.16. The van der Waals surface area contributed by atoms with Crippen molar-refractivity contribution in [3.05, 3.63) is 41.9 Å². The van der Waals surface area contributed by atoms with E-state index >= 15 is 0 Å². The van der Waals surface area contributed by atoms with Crippen molar-refractivity contribution in [2.24, 2.45) is 0 Å². The second-order valence-corrected chi connectivity index (χ2v) is 5.97. The number of aryl methyl sites for hydroxylation is 1. The molecular formula is C13H17N3O3S. The van der Waals surface area contributed by atoms with Gasteiger partial charge in [0.2, 0.25) is 0 Å². The van der Waals surface area contributed by atoms with Crippen LogP contribution in [0.2, 0.25) is 0 Å². The summed E-state index contributed by atoms with van der Waals surface area (Å²) < 4.78 is 26.7. The highest BCUT2D eigenvalue weighted by atomic mass is 32.2. The molecule has 1 aromatic carbocycles. The van der Waals surface area contributed by atoms with Gasteiger partial charge < -0.3 is 10.1 Å². The number of benzene rings is 1. The molecule has 0 aliphatic heterocycles. The molecule has 0 radical (unpaired) electrons. The number of aliphatic hydroxyl groups excluding tert-OH is 1. The Hall–Kier alpha value is -1.86. The number of aromatic amines is 1. The summed E-state index contributed by atoms with van der Waals surface area (Å²) in [6, 6.07) is 6.89. The van der Waals surface area contributed by atoms with Crippen LogP contribution >= 0.6 is 0 Å². The topological polar surface area (TPSA) is 95.1 Å². The van der Waals surface area contributed by atoms with Gasteiger partial charge in [0, 0.05) is 18.7 Å². The number of sulfonamides is 1. The number of aromatic nitrogens is 2. The van der Waals surface area contributed by atoms with Gasteiger partial charge in [0.05, 0.1) is 6.20 Å². The predicted octanol–water partition coefficient (Wildman–Crippen LogP) is 1.31. The Morgan fingerprint density at radius 3 is 2.55 bits per heavy atom. The lowest BCUT2D eigenvalue weighted by Crippen LogP contribution is -2.13. The van der Waals surface area contributed by atoms with Gasteiger partial charge in [-0.05, 0) is 24.1 Å². The lowest BCUT2D eigenvalue weighted by atomic mass is 10.1. The first-order valence-electron chi connectivity index (χ1n) is 6.31. The summed E-state index contributed by atoms with van der Waals surface area (Å²) in [5.74, 6) is 0.628. The molecule has 0 saturated heterocycles. The van der Waals surface area contributed by atoms with Crippen LogP contribution in [-0.4, -0.2) is 30.1 Å². The normalized spacial score (nSPS) is 11.5. The minimum Gasteiger partial charge on any atom is -0.396 e. The molecule has 1 heterocycles. The maximum atomic E-state index is 12.1. The van der Waals surface area contributed by atoms with E-state index in [0.29, 0.717) is 24.4 Å². The molecule has 0 unspecified atom stereocenters. The Morgan fingerprint density at radius 2 is 2.00 bits per heavy atom. The van der Waals surface area contributed by atoms with E-state index in [1.165, 1.54) is 6.20 Å². The van der Waals surface area contributed by atoms with Gasteiger partial charge >= 0.3 is 0 Å². The summed E-state index contributed by atoms with van der Waals surface area (Å²) >= 11 is 0. The Labute approximate surface area is 117 Å². The van der Waals surface area contributed by atoms with Gasteiger partial charge in [0.15, 0.2) is 5.03 Å². The molecule has 0 aliphatic carbocycles. The monoisotopic (exact) mass is 295 g/mol. The molecule has 0 spiro atoms. The van der Waals surface area contributed by atoms with E-state index < -0.39 is 10.0 Å². The van der Waals surface area contributed by atoms with Crippen molar-refractivity contribution in [2.45, 2.75) is 24.8 Å². The van der Waals surface area contributed by atoms with E-state index in [1.807, 2.05) is 6.92 Å². The van der Waals surface area contributed by atoms with E-state index in [9.17, 15) is 8.42 Å². The molecule has 0 saturated carbocycles. The van der Waals surface area contributed by atoms with Crippen LogP contribution < -0.4 is 4.72 Å². The van der Waals surface area contributed by atoms with Crippen molar-refractivity contribution < 1.29 is 13.5 Å². The molecule has 0 atom stereocenters. The molecule has 7 heteroatoms. The van der Waals surface area contributed by atoms with Gasteiger partial charge in [0.25, 0.3) is 10.0 Å². The molecule has 0 amide bonds. The highest BCUT2D eigenvalue weighted by Crippen LogP contribution is 2.15. The summed E-state index contributed by atoms with van der Waals surface area (Å²) in [4.78, 5) is 6.74. The molecule has 3 N–H and O–H groups in total. The van der Waals surface area contributed by atoms with E-state index in [4.69, 9.17) is 5.11 Å². The average molecular weight is 295 g/mol. The second-order valence-electron chi connectivity index (χ2n) is 4.32. The van der Waals surface area contributed by atoms with Crippen LogP contribution in [0.15, 0.2) is 35.5 Å². The number of anilines is 1. The van der Waals surface area contributed by atoms with E-state index in [0.717, 1.165) is 5.56 Å². The number of hydrogen-bond donors (Lipinski definition) is 3. The largest absolute Gasteiger partial charge is 0.396 e. The number of imidazole rings is 1. The smallest absolute Gasteiger partial charge is 0.278 e. The zero-order chi connectivity index (χ0) is 14.6. The van der Waals surface area contributed by atoms with Crippen molar-refractivity contribution in [1.82, 2.24) is 9.97 Å². The number of hydrogen-bond acceptors (Lipinski definition) is 4. The number of nitrogens with one attached hydrogen (secondary N) is 2. The van der Waals surface area contributed by atoms with Crippen LogP contribution in [0.5, 0.6) is 0 Å². The number of nitrogens with zero attached hydrogens (tertiary/aromatic N) is 1. The third-order valence-corrected chi connectivity index (χ3v) is 4.13. The molecule has 0 aliphatic rings. The fraction of sp³-hybridized carbons (Fsp3) is 0.308. The molecule has 20 heavy (non-hydrogen) atoms. The summed E-state index contributed by atoms with van der Waals surface area (Å²) in [6.07, 6.45) is 2.50. The van der Waals surface area contributed by atoms with Crippen LogP contribution in [0.3, 0.4) is 0 Å². The van der Waals surface area contributed by atoms with Gasteiger partial charge in [-0.15, -0.1) is 0 Å². The molecular weight excluding hydrogens is 278 g/mol. The summed E-state index contributed by atoms with van der Waals surface area (Å²) in [5, 5.41) is 8.88. The fourth-order valence-corrected chi connectivity index (χ4v) is 2.74. The maximum absolute atomic E-state index is 12.1. The van der Waals surface area contributed by atoms with Crippen LogP contribution in [0.4, 0.5) is 5.69 Å². The van der Waals surface area contributed by atoms with E-state index in [1.54, 1.807) is 24.3 Å². The predicted molar refractivity (Wildman–Crippen MR) is 76.0 cm³/mol. The zero-order valence-electron chi connectivity index (χ0n) is 11.1. The Morgan fingerprint density at radius 1 is 1.30 bits per heavy atom. The average Bonchev–Trinajstić information content (AvgIpc) is 2.91. The van der Waals surface area contributed by atoms with Crippen LogP contribution in [0.1, 0.15) is 18.3 Å². The van der Waals surface area contributed by atoms with Crippen LogP contribution in [0.25, 0.3) is 0 Å². The van der Waals surface area contributed by atoms with Crippen molar-refractivity contribution in [3.63, 3.8) is 0 Å². The van der Waals surface area contributed by atoms with Crippen molar-refractivity contribution >= 4 is 15.7 Å². The van der Waals surface area contributed by atoms with Gasteiger partial charge in [-0.1, -0.05) is 19.1 Å². The second kappa shape index (κ2) is 6.06. The molecule has 2 rings (SSSR count). The van der Waals surface area contributed by atoms with Gasteiger partial charge in [0.1, 0.15) is 5.82 Å². The zero-order valence-corrected chi connectivity index (χ0v) is 11.9. The lowest BCUT2D eigenvalue weighted by Gasteiger charge is -2.07. The van der Waals surface area contributed by atoms with E-state index in [-0.39, 0.29) is 11.6 Å². The minimum atomic E-state index is -3.65. The summed E-state index contributed by atoms with van der Waals surface area (Å²) in [7, 11) is -3.65. The third kappa shape index (κ3) is 3.37. The van der Waals surface area contributed by atoms with Crippen LogP contribution in [0, 0.1) is 0 Å². The lowest BCUT2D eigenvalue weighted by molar-refractivity contribution is 0.299. The highest BCUT2D eigenvalue weighted by molar-refractivity contribution is 7.92. The van der Waals surface area contributed by atoms with Crippen molar-refractivity contribution in [3.8, 4) is 0 Å². The molecule has 0 bridgehead atoms. The Balaban J connectivity index is 2.15. The standard InChI is InChI=1S/C13H17N3O3S/c1-2-12-14-9-13(15-12)20(18,19)16-11-5-3-10(4-6-11)7-8-17/h3-6,9,16-17H,2,7-8H2,1H3,(H,14,15). The minimum absolute atomic E-state index is 0.0498. The molecule has 2 aromatic rings. The maximum Gasteiger partial charge on any atom is 0.278 e. The third-order valence-electron chi connectivity index (χ3n) is 2.84. The molecule has 108 valence electrons.